The van der Waals surface area contributed by atoms with Crippen LogP contribution in [0.3, 0.4) is 0 Å². The van der Waals surface area contributed by atoms with Gasteiger partial charge in [-0.1, -0.05) is 32.9 Å². The first-order valence-electron chi connectivity index (χ1n) is 13.3. The molecular formula is C27H38N8O3. The number of fused-ring (bicyclic) bond motifs is 1. The van der Waals surface area contributed by atoms with Gasteiger partial charge in [0.15, 0.2) is 5.65 Å². The Labute approximate surface area is 223 Å². The summed E-state index contributed by atoms with van der Waals surface area (Å²) in [5.74, 6) is 1.20. The SMILES string of the molecule is CC[C@H](CO)Nc1nc(NCc2ccc(NC(=O)C3CCN(C(C)=O)CC3)cc2)n2ncc(C(C)C)c2n1. The quantitative estimate of drug-likeness (QED) is 0.319. The van der Waals surface area contributed by atoms with E-state index in [0.717, 1.165) is 28.9 Å². The fourth-order valence-corrected chi connectivity index (χ4v) is 4.53. The maximum atomic E-state index is 12.7. The summed E-state index contributed by atoms with van der Waals surface area (Å²) in [5, 5.41) is 23.7. The average Bonchev–Trinajstić information content (AvgIpc) is 3.35. The Morgan fingerprint density at radius 2 is 1.84 bits per heavy atom. The van der Waals surface area contributed by atoms with Crippen LogP contribution in [0.5, 0.6) is 0 Å². The molecule has 0 radical (unpaired) electrons. The van der Waals surface area contributed by atoms with E-state index in [1.54, 1.807) is 16.3 Å². The number of likely N-dealkylation sites (tertiary alicyclic amines) is 1. The van der Waals surface area contributed by atoms with Crippen LogP contribution in [0.2, 0.25) is 0 Å². The van der Waals surface area contributed by atoms with Gasteiger partial charge in [0.2, 0.25) is 23.7 Å². The summed E-state index contributed by atoms with van der Waals surface area (Å²) in [7, 11) is 0. The molecule has 1 aromatic carbocycles. The number of anilines is 3. The minimum atomic E-state index is -0.139. The molecule has 0 unspecified atom stereocenters. The number of nitrogens with one attached hydrogen (secondary N) is 3. The Bertz CT molecular complexity index is 1250. The fourth-order valence-electron chi connectivity index (χ4n) is 4.53. The molecular weight excluding hydrogens is 484 g/mol. The second kappa shape index (κ2) is 12.2. The molecule has 1 aliphatic heterocycles. The van der Waals surface area contributed by atoms with Crippen LogP contribution in [0.1, 0.15) is 64.0 Å². The predicted molar refractivity (Wildman–Crippen MR) is 147 cm³/mol. The van der Waals surface area contributed by atoms with Crippen LogP contribution >= 0.6 is 0 Å². The number of aliphatic hydroxyl groups excluding tert-OH is 1. The fraction of sp³-hybridized carbons (Fsp3) is 0.519. The van der Waals surface area contributed by atoms with Crippen LogP contribution in [0.4, 0.5) is 17.6 Å². The highest BCUT2D eigenvalue weighted by molar-refractivity contribution is 5.92. The smallest absolute Gasteiger partial charge is 0.229 e. The molecule has 3 heterocycles. The minimum Gasteiger partial charge on any atom is -0.394 e. The van der Waals surface area contributed by atoms with Crippen LogP contribution in [0.25, 0.3) is 5.65 Å². The van der Waals surface area contributed by atoms with Gasteiger partial charge in [-0.15, -0.1) is 0 Å². The lowest BCUT2D eigenvalue weighted by Crippen LogP contribution is -2.40. The second-order valence-corrected chi connectivity index (χ2v) is 10.1. The van der Waals surface area contributed by atoms with E-state index in [4.69, 9.17) is 0 Å². The summed E-state index contributed by atoms with van der Waals surface area (Å²) < 4.78 is 1.70. The lowest BCUT2D eigenvalue weighted by Gasteiger charge is -2.30. The van der Waals surface area contributed by atoms with Crippen LogP contribution in [-0.4, -0.2) is 67.1 Å². The number of amides is 2. The van der Waals surface area contributed by atoms with Gasteiger partial charge in [0, 0.05) is 43.7 Å². The Hall–Kier alpha value is -3.73. The molecule has 3 aromatic rings. The van der Waals surface area contributed by atoms with Gasteiger partial charge in [0.1, 0.15) is 0 Å². The number of hydrogen-bond donors (Lipinski definition) is 4. The van der Waals surface area contributed by atoms with Gasteiger partial charge >= 0.3 is 0 Å². The van der Waals surface area contributed by atoms with Crippen molar-refractivity contribution in [3.05, 3.63) is 41.6 Å². The van der Waals surface area contributed by atoms with E-state index in [9.17, 15) is 14.7 Å². The number of nitrogens with zero attached hydrogens (tertiary/aromatic N) is 5. The molecule has 0 spiro atoms. The first kappa shape index (κ1) is 27.3. The summed E-state index contributed by atoms with van der Waals surface area (Å²) in [6.45, 7) is 9.49. The number of benzene rings is 1. The van der Waals surface area contributed by atoms with Crippen molar-refractivity contribution >= 4 is 35.0 Å². The van der Waals surface area contributed by atoms with Gasteiger partial charge in [0.05, 0.1) is 18.8 Å². The van der Waals surface area contributed by atoms with Crippen molar-refractivity contribution in [3.8, 4) is 0 Å². The number of piperidine rings is 1. The third-order valence-corrected chi connectivity index (χ3v) is 7.05. The van der Waals surface area contributed by atoms with E-state index < -0.39 is 0 Å². The van der Waals surface area contributed by atoms with Crippen molar-refractivity contribution < 1.29 is 14.7 Å². The van der Waals surface area contributed by atoms with Gasteiger partial charge in [-0.05, 0) is 42.9 Å². The predicted octanol–water partition coefficient (Wildman–Crippen LogP) is 3.24. The molecule has 11 nitrogen and oxygen atoms in total. The largest absolute Gasteiger partial charge is 0.394 e. The van der Waals surface area contributed by atoms with E-state index in [0.29, 0.717) is 44.4 Å². The summed E-state index contributed by atoms with van der Waals surface area (Å²) in [6, 6.07) is 7.56. The van der Waals surface area contributed by atoms with Gasteiger partial charge in [-0.25, -0.2) is 0 Å². The molecule has 11 heteroatoms. The number of aliphatic hydroxyl groups is 1. The van der Waals surface area contributed by atoms with Crippen molar-refractivity contribution in [3.63, 3.8) is 0 Å². The summed E-state index contributed by atoms with van der Waals surface area (Å²) in [6.07, 6.45) is 3.92. The number of rotatable bonds is 10. The van der Waals surface area contributed by atoms with E-state index >= 15 is 0 Å². The maximum absolute atomic E-state index is 12.7. The zero-order valence-electron chi connectivity index (χ0n) is 22.6. The Kier molecular flexibility index (Phi) is 8.77. The lowest BCUT2D eigenvalue weighted by atomic mass is 9.96. The van der Waals surface area contributed by atoms with Gasteiger partial charge in [-0.2, -0.15) is 19.6 Å². The molecule has 38 heavy (non-hydrogen) atoms. The van der Waals surface area contributed by atoms with E-state index in [-0.39, 0.29) is 36.3 Å². The topological polar surface area (TPSA) is 137 Å². The number of hydrogen-bond acceptors (Lipinski definition) is 8. The van der Waals surface area contributed by atoms with Crippen LogP contribution in [0.15, 0.2) is 30.5 Å². The maximum Gasteiger partial charge on any atom is 0.229 e. The van der Waals surface area contributed by atoms with Crippen molar-refractivity contribution in [1.82, 2.24) is 24.5 Å². The number of aromatic nitrogens is 4. The van der Waals surface area contributed by atoms with Gasteiger partial charge in [0.25, 0.3) is 0 Å². The molecule has 4 rings (SSSR count). The molecule has 0 aliphatic carbocycles. The monoisotopic (exact) mass is 522 g/mol. The van der Waals surface area contributed by atoms with Gasteiger partial charge < -0.3 is 26.0 Å². The first-order valence-corrected chi connectivity index (χ1v) is 13.3. The third-order valence-electron chi connectivity index (χ3n) is 7.05. The highest BCUT2D eigenvalue weighted by atomic mass is 16.3. The highest BCUT2D eigenvalue weighted by Crippen LogP contribution is 2.23. The van der Waals surface area contributed by atoms with Crippen molar-refractivity contribution in [1.29, 1.82) is 0 Å². The van der Waals surface area contributed by atoms with Gasteiger partial charge in [-0.3, -0.25) is 9.59 Å². The summed E-state index contributed by atoms with van der Waals surface area (Å²) in [4.78, 5) is 35.3. The molecule has 2 aromatic heterocycles. The second-order valence-electron chi connectivity index (χ2n) is 10.1. The van der Waals surface area contributed by atoms with Crippen LogP contribution < -0.4 is 16.0 Å². The number of carbonyl (C=O) groups is 2. The van der Waals surface area contributed by atoms with E-state index in [2.05, 4.69) is 44.9 Å². The standard InChI is InChI=1S/C27H38N8O3/c1-5-21(16-36)31-26-32-24-23(17(2)3)15-29-35(24)27(33-26)28-14-19-6-8-22(9-7-19)30-25(38)20-10-12-34(13-11-20)18(4)37/h6-9,15,17,20-21,36H,5,10-14,16H2,1-4H3,(H,30,38)(H2,28,31,32,33)/t21-/m1/s1. The molecule has 4 N–H and O–H groups in total. The average molecular weight is 523 g/mol. The molecule has 1 aliphatic rings. The van der Waals surface area contributed by atoms with E-state index in [1.165, 1.54) is 0 Å². The minimum absolute atomic E-state index is 0.00427. The molecule has 1 fully saturated rings. The van der Waals surface area contributed by atoms with Crippen molar-refractivity contribution in [2.45, 2.75) is 65.5 Å². The van der Waals surface area contributed by atoms with Crippen LogP contribution in [0, 0.1) is 5.92 Å². The zero-order valence-corrected chi connectivity index (χ0v) is 22.6. The highest BCUT2D eigenvalue weighted by Gasteiger charge is 2.26. The molecule has 0 saturated carbocycles. The summed E-state index contributed by atoms with van der Waals surface area (Å²) in [5.41, 5.74) is 3.49. The van der Waals surface area contributed by atoms with Crippen molar-refractivity contribution in [2.24, 2.45) is 5.92 Å². The Morgan fingerprint density at radius 3 is 2.45 bits per heavy atom. The third kappa shape index (κ3) is 6.39. The van der Waals surface area contributed by atoms with Crippen LogP contribution in [-0.2, 0) is 16.1 Å². The summed E-state index contributed by atoms with van der Waals surface area (Å²) >= 11 is 0. The molecule has 1 saturated heterocycles. The molecule has 1 atom stereocenters. The zero-order chi connectivity index (χ0) is 27.2. The molecule has 0 bridgehead atoms. The normalized spacial score (nSPS) is 15.1. The Morgan fingerprint density at radius 1 is 1.13 bits per heavy atom. The first-order chi connectivity index (χ1) is 18.3. The lowest BCUT2D eigenvalue weighted by molar-refractivity contribution is -0.132. The molecule has 2 amide bonds. The Balaban J connectivity index is 1.42. The number of carbonyl (C=O) groups excluding carboxylic acids is 2. The molecule has 204 valence electrons. The van der Waals surface area contributed by atoms with Crippen molar-refractivity contribution in [2.75, 3.05) is 35.6 Å². The van der Waals surface area contributed by atoms with E-state index in [1.807, 2.05) is 37.4 Å².